The molecule has 676 valence electrons. The summed E-state index contributed by atoms with van der Waals surface area (Å²) in [5, 5.41) is 61.2. The van der Waals surface area contributed by atoms with E-state index in [1.54, 1.807) is 119 Å². The predicted octanol–water partition coefficient (Wildman–Crippen LogP) is 6.26. The van der Waals surface area contributed by atoms with Crippen LogP contribution in [0.15, 0.2) is 102 Å². The van der Waals surface area contributed by atoms with E-state index in [-0.39, 0.29) is 122 Å². The number of esters is 1. The number of methoxy groups -OCH3 is 4. The number of hydrogen-bond acceptors (Lipinski definition) is 31. The summed E-state index contributed by atoms with van der Waals surface area (Å²) in [7, 11) is 8.31. The summed E-state index contributed by atoms with van der Waals surface area (Å²) in [5.41, 5.74) is 22.5. The van der Waals surface area contributed by atoms with E-state index in [2.05, 4.69) is 81.2 Å². The van der Waals surface area contributed by atoms with Gasteiger partial charge in [0, 0.05) is 131 Å². The normalized spacial score (nSPS) is 15.3. The van der Waals surface area contributed by atoms with E-state index in [1.165, 1.54) is 44.5 Å². The quantitative estimate of drug-likeness (QED) is 0.0211. The second-order valence-corrected chi connectivity index (χ2v) is 33.5. The summed E-state index contributed by atoms with van der Waals surface area (Å²) < 4.78 is 71.2. The molecule has 0 spiro atoms. The lowest BCUT2D eigenvalue weighted by Gasteiger charge is -2.32. The van der Waals surface area contributed by atoms with E-state index in [9.17, 15) is 24.6 Å². The number of alkyl halides is 1. The van der Waals surface area contributed by atoms with Crippen LogP contribution >= 0.6 is 15.9 Å². The molecular weight excluding hydrogens is 1690 g/mol. The zero-order chi connectivity index (χ0) is 92.9. The molecule has 38 nitrogen and oxygen atoms in total. The third-order valence-electron chi connectivity index (χ3n) is 22.3. The van der Waals surface area contributed by atoms with Gasteiger partial charge in [-0.25, -0.2) is 29.9 Å². The van der Waals surface area contributed by atoms with Crippen LogP contribution in [-0.2, 0) is 77.7 Å². The number of nitrogen functional groups attached to an aromatic ring is 2. The third-order valence-corrected chi connectivity index (χ3v) is 22.6. The Kier molecular flexibility index (Phi) is 32.6. The first-order valence-electron chi connectivity index (χ1n) is 40.6. The van der Waals surface area contributed by atoms with Gasteiger partial charge >= 0.3 is 27.3 Å². The molecule has 12 heterocycles. The molecule has 11 aromatic rings. The average Bonchev–Trinajstić information content (AvgIpc) is 1.52. The monoisotopic (exact) mass is 1800 g/mol. The number of anilines is 2. The maximum absolute atomic E-state index is 13.0. The molecule has 0 atom stereocenters. The number of hydrogen-bond donors (Lipinski definition) is 7. The maximum Gasteiger partial charge on any atom is 0.498 e. The van der Waals surface area contributed by atoms with Crippen LogP contribution in [0.25, 0.3) is 67.8 Å². The Balaban J connectivity index is 0.000000181. The summed E-state index contributed by atoms with van der Waals surface area (Å²) in [6.45, 7) is 37.7. The number of aromatic amines is 1. The number of ether oxygens (including phenoxy) is 5. The Morgan fingerprint density at radius 2 is 0.841 bits per heavy atom. The van der Waals surface area contributed by atoms with Crippen molar-refractivity contribution < 1.29 is 76.8 Å². The predicted molar refractivity (Wildman–Crippen MR) is 482 cm³/mol. The van der Waals surface area contributed by atoms with Crippen molar-refractivity contribution in [1.82, 2.24) is 88.4 Å². The van der Waals surface area contributed by atoms with Gasteiger partial charge < -0.3 is 92.6 Å². The number of aromatic nitrogens is 18. The van der Waals surface area contributed by atoms with Crippen LogP contribution in [-0.4, -0.2) is 237 Å². The van der Waals surface area contributed by atoms with Crippen molar-refractivity contribution in [1.29, 1.82) is 0 Å². The van der Waals surface area contributed by atoms with Crippen molar-refractivity contribution in [2.45, 2.75) is 184 Å². The number of rotatable bonds is 23. The minimum absolute atomic E-state index is 0.0274. The zero-order valence-electron chi connectivity index (χ0n) is 76.1. The number of carbonyl (C=O) groups excluding carboxylic acids is 1. The van der Waals surface area contributed by atoms with Crippen LogP contribution in [0.5, 0.6) is 23.0 Å². The molecule has 0 amide bonds. The molecular formula is C84H116B3BrN20O18. The minimum Gasteiger partial charge on any atom is -0.497 e. The third kappa shape index (κ3) is 23.0. The second kappa shape index (κ2) is 41.6. The van der Waals surface area contributed by atoms with E-state index in [1.807, 2.05) is 124 Å². The first-order chi connectivity index (χ1) is 59.3. The van der Waals surface area contributed by atoms with E-state index in [4.69, 9.17) is 68.6 Å². The highest BCUT2D eigenvalue weighted by atomic mass is 79.9. The Hall–Kier alpha value is -11.0. The van der Waals surface area contributed by atoms with E-state index in [0.29, 0.717) is 106 Å². The molecule has 0 aliphatic carbocycles. The van der Waals surface area contributed by atoms with Gasteiger partial charge in [-0.1, -0.05) is 15.9 Å². The molecule has 2 aromatic carbocycles. The molecule has 14 rings (SSSR count). The number of benzene rings is 2. The van der Waals surface area contributed by atoms with Gasteiger partial charge in [-0.15, -0.1) is 0 Å². The van der Waals surface area contributed by atoms with Crippen molar-refractivity contribution in [2.75, 3.05) is 78.3 Å². The number of halogens is 1. The Morgan fingerprint density at radius 3 is 1.22 bits per heavy atom. The molecule has 42 heteroatoms. The lowest BCUT2D eigenvalue weighted by Crippen LogP contribution is -2.41. The number of nitrogens with two attached hydrogens (primary N) is 2. The van der Waals surface area contributed by atoms with Crippen molar-refractivity contribution in [2.24, 2.45) is 14.1 Å². The van der Waals surface area contributed by atoms with Crippen LogP contribution in [0, 0.1) is 34.6 Å². The fourth-order valence-electron chi connectivity index (χ4n) is 12.8. The fraction of sp³-hybridized carbons (Fsp3) is 0.476. The van der Waals surface area contributed by atoms with E-state index in [0.717, 1.165) is 56.0 Å². The summed E-state index contributed by atoms with van der Waals surface area (Å²) in [6, 6.07) is 10.3. The lowest BCUT2D eigenvalue weighted by molar-refractivity contribution is -0.140. The van der Waals surface area contributed by atoms with Gasteiger partial charge in [0.1, 0.15) is 63.8 Å². The lowest BCUT2D eigenvalue weighted by atomic mass is 9.79. The Bertz CT molecular complexity index is 5410. The van der Waals surface area contributed by atoms with Crippen molar-refractivity contribution in [3.05, 3.63) is 141 Å². The van der Waals surface area contributed by atoms with Gasteiger partial charge in [-0.3, -0.25) is 38.2 Å². The van der Waals surface area contributed by atoms with Crippen LogP contribution in [0.2, 0.25) is 0 Å². The number of aryl methyl sites for hydroxylation is 5. The van der Waals surface area contributed by atoms with E-state index >= 15 is 0 Å². The van der Waals surface area contributed by atoms with Gasteiger partial charge in [0.05, 0.1) is 156 Å². The van der Waals surface area contributed by atoms with E-state index < -0.39 is 0 Å². The number of aliphatic hydroxyl groups excluding tert-OH is 4. The zero-order valence-corrected chi connectivity index (χ0v) is 77.7. The summed E-state index contributed by atoms with van der Waals surface area (Å²) in [4.78, 5) is 63.0. The van der Waals surface area contributed by atoms with Gasteiger partial charge in [0.2, 0.25) is 0 Å². The molecule has 3 fully saturated rings. The Labute approximate surface area is 741 Å². The number of H-pyrrole nitrogens is 1. The van der Waals surface area contributed by atoms with Gasteiger partial charge in [-0.05, 0) is 142 Å². The SMILES string of the molecule is CC(=O)OCCBr.COc1cc(OC)cc(-c2nc(-c3nc(-c4cn(CCO)nc4C)cnc3N)cn(C)c2=O)c1.COc1cc(OC)cc(-c2nc(-c3nc(-c4cnn(CCO)c4C)cnc3N)cn(C)c2=O)c1.Cc1[nH]ncc1B1OC(C)(C)C(C)(C)O1.Cc1c(B2OC(C)(C)C(C)(C)O2)cnn1CCO.Cc1nn(CCO)cc1B1OC(C)(C)C(C)(C)O1. The van der Waals surface area contributed by atoms with Gasteiger partial charge in [-0.2, -0.15) is 25.5 Å². The van der Waals surface area contributed by atoms with Crippen molar-refractivity contribution in [3.8, 4) is 90.8 Å². The maximum atomic E-state index is 13.0. The summed E-state index contributed by atoms with van der Waals surface area (Å²) in [6.07, 6.45) is 15.1. The van der Waals surface area contributed by atoms with Crippen LogP contribution in [0.1, 0.15) is 118 Å². The largest absolute Gasteiger partial charge is 0.498 e. The first kappa shape index (κ1) is 98.7. The first-order valence-corrected chi connectivity index (χ1v) is 41.7. The summed E-state index contributed by atoms with van der Waals surface area (Å²) >= 11 is 3.10. The number of carbonyl (C=O) groups is 1. The fourth-order valence-corrected chi connectivity index (χ4v) is 13.0. The highest BCUT2D eigenvalue weighted by molar-refractivity contribution is 9.09. The average molecular weight is 1810 g/mol. The topological polar surface area (TPSA) is 473 Å². The molecule has 0 saturated carbocycles. The molecule has 0 unspecified atom stereocenters. The summed E-state index contributed by atoms with van der Waals surface area (Å²) in [5.74, 6) is 2.23. The molecule has 0 radical (unpaired) electrons. The van der Waals surface area contributed by atoms with Crippen molar-refractivity contribution in [3.63, 3.8) is 0 Å². The van der Waals surface area contributed by atoms with Crippen LogP contribution in [0.3, 0.4) is 0 Å². The van der Waals surface area contributed by atoms with Gasteiger partial charge in [0.15, 0.2) is 11.6 Å². The molecule has 0 bridgehead atoms. The molecule has 9 aromatic heterocycles. The smallest absolute Gasteiger partial charge is 0.497 e. The highest BCUT2D eigenvalue weighted by Crippen LogP contribution is 2.40. The molecule has 3 saturated heterocycles. The second-order valence-electron chi connectivity index (χ2n) is 32.7. The number of aliphatic hydroxyl groups is 4. The molecule has 9 N–H and O–H groups in total. The molecule has 126 heavy (non-hydrogen) atoms. The van der Waals surface area contributed by atoms with Crippen LogP contribution < -0.4 is 57.9 Å². The standard InChI is InChI=1S/2C23H25N7O4.2C12H21BN2O3.C10H17BN2O2.C4H7BrO2/c1-13-17(11-30(28-13)5-6-31)18-10-25-22(24)21(26-18)19-12-29(2)23(32)20(27-19)14-7-15(33-3)9-16(8-14)34-4;1-13-17(10-26-30(13)5-6-31)18-11-25-22(24)21(27-18)19-12-29(2)23(32)20(28-19)14-7-15(33-3)9-16(8-14)34-4;1-9-10(8-15(14-9)6-7-16)13-17-11(2,3)12(4,5)18-13;1-9-10(8-14-15(9)6-7-16)13-17-11(2,3)12(4,5)18-13;1-7-8(6-12-13-7)11-14-9(2,3)10(4,5)15-11;1-4(6)7-3-2-5/h2*7-12,31H,5-6H2,1-4H3,(H2,24,25);2*8,16H,6-7H2,1-5H3;6H,1-5H3,(H,12,13);2-3H2,1H3. The minimum atomic E-state index is -0.387. The Morgan fingerprint density at radius 1 is 0.468 bits per heavy atom. The molecule has 3 aliphatic rings. The highest BCUT2D eigenvalue weighted by Gasteiger charge is 2.55. The van der Waals surface area contributed by atoms with Crippen LogP contribution in [0.4, 0.5) is 11.6 Å². The van der Waals surface area contributed by atoms with Crippen molar-refractivity contribution >= 4 is 71.3 Å². The number of nitrogens with one attached hydrogen (secondary N) is 1. The number of nitrogens with zero attached hydrogens (tertiary/aromatic N) is 17. The molecule has 3 aliphatic heterocycles. The van der Waals surface area contributed by atoms with Gasteiger partial charge in [0.25, 0.3) is 11.1 Å².